The number of hydrogen-bond acceptors (Lipinski definition) is 10. The molecule has 11 nitrogen and oxygen atoms in total. The number of para-hydroxylation sites is 1. The first kappa shape index (κ1) is 27.4. The highest BCUT2D eigenvalue weighted by Gasteiger charge is 2.44. The van der Waals surface area contributed by atoms with Gasteiger partial charge >= 0.3 is 18.3 Å². The number of piperidine rings is 1. The minimum absolute atomic E-state index is 0.0844. The van der Waals surface area contributed by atoms with E-state index in [9.17, 15) is 23.1 Å². The molecule has 0 unspecified atom stereocenters. The molecule has 2 saturated heterocycles. The number of ether oxygens (including phenoxy) is 2. The fourth-order valence-corrected chi connectivity index (χ4v) is 6.09. The zero-order valence-electron chi connectivity index (χ0n) is 22.7. The molecule has 1 N–H and O–H groups in total. The van der Waals surface area contributed by atoms with Crippen LogP contribution in [0.5, 0.6) is 5.75 Å². The van der Waals surface area contributed by atoms with Crippen molar-refractivity contribution in [3.63, 3.8) is 0 Å². The van der Waals surface area contributed by atoms with Gasteiger partial charge in [0.15, 0.2) is 0 Å². The van der Waals surface area contributed by atoms with E-state index < -0.39 is 12.3 Å². The Labute approximate surface area is 242 Å². The van der Waals surface area contributed by atoms with Gasteiger partial charge in [-0.25, -0.2) is 9.78 Å². The summed E-state index contributed by atoms with van der Waals surface area (Å²) in [5.41, 5.74) is 1.30. The molecule has 3 aliphatic rings. The third kappa shape index (κ3) is 5.54. The topological polar surface area (TPSA) is 137 Å². The molecule has 2 aliphatic heterocycles. The van der Waals surface area contributed by atoms with Crippen molar-refractivity contribution in [3.8, 4) is 28.6 Å². The smallest absolute Gasteiger partial charge is 0.477 e. The highest BCUT2D eigenvalue weighted by atomic mass is 19.4. The molecule has 43 heavy (non-hydrogen) atoms. The molecule has 14 heteroatoms. The van der Waals surface area contributed by atoms with Crippen molar-refractivity contribution in [2.75, 3.05) is 4.90 Å². The van der Waals surface area contributed by atoms with Crippen molar-refractivity contribution in [1.82, 2.24) is 20.3 Å². The fraction of sp³-hybridized carbons (Fsp3) is 0.414. The molecule has 7 rings (SSSR count). The highest BCUT2D eigenvalue weighted by molar-refractivity contribution is 5.85. The number of carbonyl (C=O) groups is 1. The number of pyridine rings is 1. The Morgan fingerprint density at radius 1 is 1.02 bits per heavy atom. The maximum Gasteiger partial charge on any atom is 0.573 e. The average molecular weight is 598 g/mol. The van der Waals surface area contributed by atoms with Crippen molar-refractivity contribution in [2.24, 2.45) is 0 Å². The number of halogens is 3. The molecule has 3 fully saturated rings. The van der Waals surface area contributed by atoms with Crippen molar-refractivity contribution < 1.29 is 41.5 Å². The van der Waals surface area contributed by atoms with Crippen molar-refractivity contribution >= 4 is 12.0 Å². The molecule has 0 radical (unpaired) electrons. The van der Waals surface area contributed by atoms with E-state index >= 15 is 0 Å². The van der Waals surface area contributed by atoms with E-state index in [0.717, 1.165) is 25.7 Å². The van der Waals surface area contributed by atoms with Crippen LogP contribution in [0.1, 0.15) is 66.3 Å². The Hall–Kier alpha value is -4.46. The van der Waals surface area contributed by atoms with Crippen LogP contribution in [0.25, 0.3) is 22.8 Å². The van der Waals surface area contributed by atoms with Crippen LogP contribution in [-0.4, -0.2) is 56.0 Å². The summed E-state index contributed by atoms with van der Waals surface area (Å²) in [4.78, 5) is 17.5. The van der Waals surface area contributed by atoms with Gasteiger partial charge in [-0.1, -0.05) is 28.5 Å². The molecule has 1 saturated carbocycles. The first-order chi connectivity index (χ1) is 20.7. The Bertz CT molecular complexity index is 1640. The molecule has 2 bridgehead atoms. The second-order valence-corrected chi connectivity index (χ2v) is 11.0. The van der Waals surface area contributed by atoms with E-state index in [1.165, 1.54) is 24.3 Å². The van der Waals surface area contributed by atoms with Crippen molar-refractivity contribution in [1.29, 1.82) is 0 Å². The molecule has 0 spiro atoms. The van der Waals surface area contributed by atoms with Crippen LogP contribution in [-0.2, 0) is 11.3 Å². The number of carboxylic acids is 1. The Morgan fingerprint density at radius 3 is 2.51 bits per heavy atom. The van der Waals surface area contributed by atoms with Crippen LogP contribution in [0.15, 0.2) is 51.4 Å². The number of nitrogens with zero attached hydrogens (tertiary/aromatic N) is 5. The first-order valence-electron chi connectivity index (χ1n) is 14.0. The first-order valence-corrected chi connectivity index (χ1v) is 14.0. The third-order valence-corrected chi connectivity index (χ3v) is 8.11. The highest BCUT2D eigenvalue weighted by Crippen LogP contribution is 2.46. The van der Waals surface area contributed by atoms with Crippen molar-refractivity contribution in [3.05, 3.63) is 59.5 Å². The van der Waals surface area contributed by atoms with Crippen LogP contribution in [0.2, 0.25) is 0 Å². The van der Waals surface area contributed by atoms with Gasteiger partial charge in [-0.3, -0.25) is 0 Å². The fourth-order valence-electron chi connectivity index (χ4n) is 6.09. The summed E-state index contributed by atoms with van der Waals surface area (Å²) < 4.78 is 61.6. The zero-order chi connectivity index (χ0) is 29.7. The predicted octanol–water partition coefficient (Wildman–Crippen LogP) is 5.98. The molecule has 5 heterocycles. The van der Waals surface area contributed by atoms with E-state index in [2.05, 4.69) is 30.0 Å². The van der Waals surface area contributed by atoms with Gasteiger partial charge in [0.2, 0.25) is 0 Å². The average Bonchev–Trinajstić information content (AvgIpc) is 3.44. The molecule has 3 aromatic heterocycles. The van der Waals surface area contributed by atoms with E-state index in [0.29, 0.717) is 35.9 Å². The Balaban J connectivity index is 1.07. The zero-order valence-corrected chi connectivity index (χ0v) is 22.7. The van der Waals surface area contributed by atoms with Gasteiger partial charge in [-0.15, -0.1) is 18.3 Å². The normalized spacial score (nSPS) is 21.7. The quantitative estimate of drug-likeness (QED) is 0.244. The number of rotatable bonds is 9. The number of aromatic carboxylic acids is 1. The Kier molecular flexibility index (Phi) is 6.79. The standard InChI is InChI=1S/C29H26F3N5O6/c30-29(31,32)42-23-7-2-1-4-19(23)24-20(25(43-36-24)15-8-9-15)14-40-18-12-16-10-11-17(13-18)37(16)28-35-34-26(41-28)21-5-3-6-22(33-21)27(38)39/h1-7,15-18H,8-14H2,(H,38,39)/t16-,17+,18+. The summed E-state index contributed by atoms with van der Waals surface area (Å²) in [6, 6.07) is 11.0. The number of anilines is 1. The Morgan fingerprint density at radius 2 is 1.79 bits per heavy atom. The van der Waals surface area contributed by atoms with Gasteiger partial charge in [0.1, 0.15) is 28.6 Å². The van der Waals surface area contributed by atoms with Crippen LogP contribution in [0, 0.1) is 0 Å². The molecular formula is C29H26F3N5O6. The number of aromatic nitrogens is 4. The summed E-state index contributed by atoms with van der Waals surface area (Å²) in [5, 5.41) is 21.7. The maximum absolute atomic E-state index is 13.1. The number of hydrogen-bond donors (Lipinski definition) is 1. The van der Waals surface area contributed by atoms with Crippen LogP contribution in [0.3, 0.4) is 0 Å². The minimum Gasteiger partial charge on any atom is -0.477 e. The number of carboxylic acid groups (broad SMARTS) is 1. The molecule has 1 aromatic carbocycles. The second kappa shape index (κ2) is 10.7. The number of alkyl halides is 3. The van der Waals surface area contributed by atoms with Gasteiger partial charge in [-0.2, -0.15) is 0 Å². The molecule has 4 aromatic rings. The van der Waals surface area contributed by atoms with Crippen LogP contribution < -0.4 is 9.64 Å². The third-order valence-electron chi connectivity index (χ3n) is 8.11. The molecule has 0 amide bonds. The number of fused-ring (bicyclic) bond motifs is 2. The lowest BCUT2D eigenvalue weighted by atomic mass is 9.99. The second-order valence-electron chi connectivity index (χ2n) is 11.0. The van der Waals surface area contributed by atoms with Gasteiger partial charge in [0.05, 0.1) is 12.7 Å². The monoisotopic (exact) mass is 597 g/mol. The van der Waals surface area contributed by atoms with Gasteiger partial charge in [0, 0.05) is 29.1 Å². The lowest BCUT2D eigenvalue weighted by Gasteiger charge is -2.37. The SMILES string of the molecule is O=C(O)c1cccc(-c2nnc(N3[C@@H]4CC[C@H]3C[C@@H](OCc3c(-c5ccccc5OC(F)(F)F)noc3C3CC3)C4)o2)n1. The predicted molar refractivity (Wildman–Crippen MR) is 142 cm³/mol. The van der Waals surface area contributed by atoms with Crippen molar-refractivity contribution in [2.45, 2.75) is 75.6 Å². The van der Waals surface area contributed by atoms with E-state index in [1.807, 2.05) is 0 Å². The summed E-state index contributed by atoms with van der Waals surface area (Å²) in [5.74, 6) is -0.536. The number of benzene rings is 1. The lowest BCUT2D eigenvalue weighted by molar-refractivity contribution is -0.274. The molecule has 1 aliphatic carbocycles. The van der Waals surface area contributed by atoms with Gasteiger partial charge < -0.3 is 28.4 Å². The van der Waals surface area contributed by atoms with Crippen LogP contribution >= 0.6 is 0 Å². The van der Waals surface area contributed by atoms with Crippen LogP contribution in [0.4, 0.5) is 19.2 Å². The molecule has 224 valence electrons. The summed E-state index contributed by atoms with van der Waals surface area (Å²) in [6.07, 6.45) is 0.0805. The van der Waals surface area contributed by atoms with Gasteiger partial charge in [-0.05, 0) is 62.8 Å². The summed E-state index contributed by atoms with van der Waals surface area (Å²) in [7, 11) is 0. The molecule has 3 atom stereocenters. The van der Waals surface area contributed by atoms with Gasteiger partial charge in [0.25, 0.3) is 5.89 Å². The maximum atomic E-state index is 13.1. The largest absolute Gasteiger partial charge is 0.573 e. The lowest BCUT2D eigenvalue weighted by Crippen LogP contribution is -2.45. The van der Waals surface area contributed by atoms with E-state index in [1.54, 1.807) is 18.2 Å². The summed E-state index contributed by atoms with van der Waals surface area (Å²) >= 11 is 0. The minimum atomic E-state index is -4.85. The summed E-state index contributed by atoms with van der Waals surface area (Å²) in [6.45, 7) is 0.144. The van der Waals surface area contributed by atoms with E-state index in [4.69, 9.17) is 13.7 Å². The van der Waals surface area contributed by atoms with E-state index in [-0.39, 0.29) is 59.3 Å². The molecular weight excluding hydrogens is 571 g/mol.